The van der Waals surface area contributed by atoms with E-state index >= 15 is 0 Å². The fraction of sp³-hybridized carbons (Fsp3) is 0.538. The van der Waals surface area contributed by atoms with Crippen molar-refractivity contribution in [1.29, 1.82) is 0 Å². The molecule has 1 saturated heterocycles. The maximum atomic E-state index is 11.4. The molecule has 1 fully saturated rings. The Kier molecular flexibility index (Phi) is 3.50. The van der Waals surface area contributed by atoms with Crippen LogP contribution in [0.15, 0.2) is 12.1 Å². The number of hydrogen-bond acceptors (Lipinski definition) is 4. The van der Waals surface area contributed by atoms with E-state index in [0.717, 1.165) is 0 Å². The van der Waals surface area contributed by atoms with Gasteiger partial charge in [-0.05, 0) is 39.8 Å². The molecule has 0 N–H and O–H groups in total. The van der Waals surface area contributed by atoms with Crippen LogP contribution in [0.4, 0.5) is 0 Å². The maximum absolute atomic E-state index is 11.4. The topological polar surface area (TPSA) is 48.4 Å². The van der Waals surface area contributed by atoms with Crippen molar-refractivity contribution < 1.29 is 14.1 Å². The van der Waals surface area contributed by atoms with Crippen LogP contribution in [-0.2, 0) is 9.31 Å². The third-order valence-corrected chi connectivity index (χ3v) is 3.88. The lowest BCUT2D eigenvalue weighted by atomic mass is 9.84. The predicted octanol–water partition coefficient (Wildman–Crippen LogP) is 2.24. The molecule has 0 amide bonds. The SMILES string of the molecule is CC(=O)c1cc(Cl)cc(B2OC(C)(C)C(C)(C)O2)n1. The highest BCUT2D eigenvalue weighted by Gasteiger charge is 2.52. The van der Waals surface area contributed by atoms with E-state index < -0.39 is 18.3 Å². The third-order valence-electron chi connectivity index (χ3n) is 3.67. The second-order valence-corrected chi connectivity index (χ2v) is 6.18. The van der Waals surface area contributed by atoms with Crippen LogP contribution in [0, 0.1) is 0 Å². The van der Waals surface area contributed by atoms with Gasteiger partial charge in [-0.3, -0.25) is 9.78 Å². The first-order valence-electron chi connectivity index (χ1n) is 6.16. The first-order valence-corrected chi connectivity index (χ1v) is 6.54. The van der Waals surface area contributed by atoms with Gasteiger partial charge >= 0.3 is 7.12 Å². The average molecular weight is 282 g/mol. The molecular weight excluding hydrogens is 264 g/mol. The van der Waals surface area contributed by atoms with Gasteiger partial charge in [0, 0.05) is 11.9 Å². The summed E-state index contributed by atoms with van der Waals surface area (Å²) in [5, 5.41) is 0.449. The molecule has 1 aliphatic rings. The van der Waals surface area contributed by atoms with Gasteiger partial charge in [0.05, 0.1) is 16.8 Å². The first-order chi connectivity index (χ1) is 8.62. The molecule has 2 heterocycles. The lowest BCUT2D eigenvalue weighted by molar-refractivity contribution is 0.00578. The van der Waals surface area contributed by atoms with E-state index in [1.165, 1.54) is 6.92 Å². The molecule has 0 aromatic carbocycles. The highest BCUT2D eigenvalue weighted by Crippen LogP contribution is 2.36. The molecule has 0 radical (unpaired) electrons. The molecule has 1 aromatic rings. The van der Waals surface area contributed by atoms with Crippen molar-refractivity contribution in [3.8, 4) is 0 Å². The first kappa shape index (κ1) is 14.5. The van der Waals surface area contributed by atoms with Gasteiger partial charge < -0.3 is 9.31 Å². The molecule has 2 rings (SSSR count). The van der Waals surface area contributed by atoms with Gasteiger partial charge in [-0.1, -0.05) is 11.6 Å². The molecule has 0 bridgehead atoms. The zero-order valence-electron chi connectivity index (χ0n) is 11.8. The number of hydrogen-bond donors (Lipinski definition) is 0. The average Bonchev–Trinajstić information content (AvgIpc) is 2.47. The van der Waals surface area contributed by atoms with Crippen molar-refractivity contribution >= 4 is 30.1 Å². The summed E-state index contributed by atoms with van der Waals surface area (Å²) in [7, 11) is -0.609. The van der Waals surface area contributed by atoms with E-state index in [9.17, 15) is 4.79 Å². The Morgan fingerprint density at radius 1 is 1.21 bits per heavy atom. The fourth-order valence-corrected chi connectivity index (χ4v) is 2.00. The summed E-state index contributed by atoms with van der Waals surface area (Å²) < 4.78 is 11.8. The number of halogens is 1. The summed E-state index contributed by atoms with van der Waals surface area (Å²) in [6.45, 7) is 9.30. The van der Waals surface area contributed by atoms with Crippen molar-refractivity contribution in [3.05, 3.63) is 22.8 Å². The van der Waals surface area contributed by atoms with Crippen LogP contribution in [0.3, 0.4) is 0 Å². The van der Waals surface area contributed by atoms with Gasteiger partial charge in [0.25, 0.3) is 0 Å². The summed E-state index contributed by atoms with van der Waals surface area (Å²) in [6, 6.07) is 3.20. The number of ketones is 1. The number of rotatable bonds is 2. The van der Waals surface area contributed by atoms with E-state index in [0.29, 0.717) is 16.3 Å². The van der Waals surface area contributed by atoms with Crippen molar-refractivity contribution in [2.45, 2.75) is 45.8 Å². The van der Waals surface area contributed by atoms with Crippen molar-refractivity contribution in [3.63, 3.8) is 0 Å². The summed E-state index contributed by atoms with van der Waals surface area (Å²) >= 11 is 6.01. The molecule has 0 spiro atoms. The monoisotopic (exact) mass is 281 g/mol. The lowest BCUT2D eigenvalue weighted by Gasteiger charge is -2.32. The van der Waals surface area contributed by atoms with Gasteiger partial charge in [-0.25, -0.2) is 0 Å². The van der Waals surface area contributed by atoms with Crippen LogP contribution < -0.4 is 5.59 Å². The van der Waals surface area contributed by atoms with Crippen LogP contribution in [-0.4, -0.2) is 29.1 Å². The minimum absolute atomic E-state index is 0.139. The Labute approximate surface area is 118 Å². The van der Waals surface area contributed by atoms with Crippen LogP contribution in [0.5, 0.6) is 0 Å². The summed E-state index contributed by atoms with van der Waals surface area (Å²) in [5.74, 6) is -0.139. The third kappa shape index (κ3) is 2.68. The Balaban J connectivity index is 2.37. The van der Waals surface area contributed by atoms with E-state index in [1.54, 1.807) is 12.1 Å². The smallest absolute Gasteiger partial charge is 0.398 e. The number of pyridine rings is 1. The molecule has 1 aromatic heterocycles. The molecule has 102 valence electrons. The number of Topliss-reactive ketones (excluding diaryl/α,β-unsaturated/α-hetero) is 1. The molecular formula is C13H17BClNO3. The van der Waals surface area contributed by atoms with Gasteiger partial charge in [-0.15, -0.1) is 0 Å². The largest absolute Gasteiger partial charge is 0.514 e. The maximum Gasteiger partial charge on any atom is 0.514 e. The molecule has 4 nitrogen and oxygen atoms in total. The minimum atomic E-state index is -0.609. The highest BCUT2D eigenvalue weighted by atomic mass is 35.5. The highest BCUT2D eigenvalue weighted by molar-refractivity contribution is 6.61. The molecule has 19 heavy (non-hydrogen) atoms. The summed E-state index contributed by atoms with van der Waals surface area (Å²) in [4.78, 5) is 15.7. The van der Waals surface area contributed by atoms with Crippen molar-refractivity contribution in [1.82, 2.24) is 4.98 Å². The van der Waals surface area contributed by atoms with Crippen LogP contribution in [0.1, 0.15) is 45.1 Å². The Bertz CT molecular complexity index is 515. The summed E-state index contributed by atoms with van der Waals surface area (Å²) in [6.07, 6.45) is 0. The van der Waals surface area contributed by atoms with Gasteiger partial charge in [0.1, 0.15) is 5.69 Å². The van der Waals surface area contributed by atoms with E-state index in [1.807, 2.05) is 27.7 Å². The van der Waals surface area contributed by atoms with E-state index in [2.05, 4.69) is 4.98 Å². The summed E-state index contributed by atoms with van der Waals surface area (Å²) in [5.41, 5.74) is -0.0515. The zero-order valence-corrected chi connectivity index (χ0v) is 12.5. The Morgan fingerprint density at radius 3 is 2.21 bits per heavy atom. The van der Waals surface area contributed by atoms with Crippen LogP contribution in [0.25, 0.3) is 0 Å². The molecule has 0 saturated carbocycles. The Morgan fingerprint density at radius 2 is 1.74 bits per heavy atom. The molecule has 1 aliphatic heterocycles. The van der Waals surface area contributed by atoms with Crippen molar-refractivity contribution in [2.75, 3.05) is 0 Å². The quantitative estimate of drug-likeness (QED) is 0.616. The number of aromatic nitrogens is 1. The molecule has 0 aliphatic carbocycles. The van der Waals surface area contributed by atoms with E-state index in [4.69, 9.17) is 20.9 Å². The van der Waals surface area contributed by atoms with Crippen LogP contribution in [0.2, 0.25) is 5.02 Å². The van der Waals surface area contributed by atoms with Gasteiger partial charge in [0.2, 0.25) is 0 Å². The lowest BCUT2D eigenvalue weighted by Crippen LogP contribution is -2.41. The number of nitrogens with zero attached hydrogens (tertiary/aromatic N) is 1. The van der Waals surface area contributed by atoms with Crippen LogP contribution >= 0.6 is 11.6 Å². The molecule has 0 unspecified atom stereocenters. The van der Waals surface area contributed by atoms with Crippen molar-refractivity contribution in [2.24, 2.45) is 0 Å². The molecule has 0 atom stereocenters. The molecule has 6 heteroatoms. The zero-order chi connectivity index (χ0) is 14.4. The Hall–Kier alpha value is -0.905. The minimum Gasteiger partial charge on any atom is -0.398 e. The normalized spacial score (nSPS) is 20.6. The van der Waals surface area contributed by atoms with Gasteiger partial charge in [0.15, 0.2) is 5.78 Å². The number of carbonyl (C=O) groups excluding carboxylic acids is 1. The van der Waals surface area contributed by atoms with Gasteiger partial charge in [-0.2, -0.15) is 0 Å². The second kappa shape index (κ2) is 4.58. The fourth-order valence-electron chi connectivity index (χ4n) is 1.78. The standard InChI is InChI=1S/C13H17BClNO3/c1-8(17)10-6-9(15)7-11(16-10)14-18-12(2,3)13(4,5)19-14/h6-7H,1-5H3. The van der Waals surface area contributed by atoms with E-state index in [-0.39, 0.29) is 5.78 Å². The predicted molar refractivity (Wildman–Crippen MR) is 75.0 cm³/mol. The number of carbonyl (C=O) groups is 1. The second-order valence-electron chi connectivity index (χ2n) is 5.74.